The van der Waals surface area contributed by atoms with E-state index >= 15 is 0 Å². The summed E-state index contributed by atoms with van der Waals surface area (Å²) in [4.78, 5) is 27.5. The van der Waals surface area contributed by atoms with E-state index in [1.807, 2.05) is 5.38 Å². The van der Waals surface area contributed by atoms with Crippen molar-refractivity contribution in [3.8, 4) is 0 Å². The van der Waals surface area contributed by atoms with Gasteiger partial charge in [0.2, 0.25) is 0 Å². The Hall–Kier alpha value is -1.58. The van der Waals surface area contributed by atoms with Gasteiger partial charge in [-0.25, -0.2) is 9.78 Å². The van der Waals surface area contributed by atoms with Gasteiger partial charge in [-0.2, -0.15) is 0 Å². The third kappa shape index (κ3) is 6.22. The third-order valence-electron chi connectivity index (χ3n) is 3.96. The van der Waals surface area contributed by atoms with Crippen molar-refractivity contribution < 1.29 is 14.3 Å². The molecule has 3 N–H and O–H groups in total. The molecule has 2 unspecified atom stereocenters. The minimum Gasteiger partial charge on any atom is -0.461 e. The zero-order valence-corrected chi connectivity index (χ0v) is 18.0. The Morgan fingerprint density at radius 3 is 2.86 bits per heavy atom. The lowest BCUT2D eigenvalue weighted by atomic mass is 10.1. The van der Waals surface area contributed by atoms with Crippen molar-refractivity contribution in [1.82, 2.24) is 15.6 Å². The first kappa shape index (κ1) is 22.7. The molecular weight excluding hydrogens is 447 g/mol. The predicted molar refractivity (Wildman–Crippen MR) is 113 cm³/mol. The average Bonchev–Trinajstić information content (AvgIpc) is 3.25. The molecule has 28 heavy (non-hydrogen) atoms. The van der Waals surface area contributed by atoms with E-state index < -0.39 is 0 Å². The molecule has 3 rings (SSSR count). The van der Waals surface area contributed by atoms with Crippen molar-refractivity contribution in [2.24, 2.45) is 0 Å². The number of nitrogens with one attached hydrogen (secondary N) is 3. The van der Waals surface area contributed by atoms with Crippen molar-refractivity contribution in [3.05, 3.63) is 44.9 Å². The molecule has 152 valence electrons. The van der Waals surface area contributed by atoms with Gasteiger partial charge in [-0.05, 0) is 17.7 Å². The maximum atomic E-state index is 12.1. The first-order chi connectivity index (χ1) is 12.9. The van der Waals surface area contributed by atoms with Crippen LogP contribution in [0.15, 0.2) is 23.6 Å². The van der Waals surface area contributed by atoms with Gasteiger partial charge in [0.1, 0.15) is 6.10 Å². The molecule has 0 bridgehead atoms. The van der Waals surface area contributed by atoms with Crippen LogP contribution in [0.1, 0.15) is 30.6 Å². The molecule has 0 spiro atoms. The summed E-state index contributed by atoms with van der Waals surface area (Å²) in [5.41, 5.74) is 1.65. The van der Waals surface area contributed by atoms with Gasteiger partial charge in [0.15, 0.2) is 5.13 Å². The lowest BCUT2D eigenvalue weighted by Gasteiger charge is -2.09. The second-order valence-corrected chi connectivity index (χ2v) is 7.73. The molecule has 2 aromatic rings. The Bertz CT molecular complexity index is 849. The largest absolute Gasteiger partial charge is 0.461 e. The highest BCUT2D eigenvalue weighted by atomic mass is 35.5. The molecule has 2 atom stereocenters. The van der Waals surface area contributed by atoms with Crippen LogP contribution in [0.2, 0.25) is 10.0 Å². The number of anilines is 1. The van der Waals surface area contributed by atoms with Gasteiger partial charge in [0.05, 0.1) is 21.8 Å². The van der Waals surface area contributed by atoms with Crippen LogP contribution in [0.3, 0.4) is 0 Å². The Morgan fingerprint density at radius 1 is 1.36 bits per heavy atom. The van der Waals surface area contributed by atoms with Crippen molar-refractivity contribution in [3.63, 3.8) is 0 Å². The normalized spacial score (nSPS) is 18.2. The number of halogens is 3. The summed E-state index contributed by atoms with van der Waals surface area (Å²) in [5, 5.41) is 12.0. The number of rotatable bonds is 5. The van der Waals surface area contributed by atoms with E-state index in [1.165, 1.54) is 18.3 Å². The minimum atomic E-state index is -0.362. The van der Waals surface area contributed by atoms with E-state index in [1.54, 1.807) is 18.2 Å². The summed E-state index contributed by atoms with van der Waals surface area (Å²) < 4.78 is 5.20. The number of hydrogen-bond donors (Lipinski definition) is 3. The van der Waals surface area contributed by atoms with Crippen LogP contribution in [-0.4, -0.2) is 29.6 Å². The molecule has 1 aromatic carbocycles. The van der Waals surface area contributed by atoms with E-state index in [0.717, 1.165) is 11.3 Å². The smallest absolute Gasteiger partial charge is 0.321 e. The molecule has 2 heterocycles. The SMILES string of the molecule is CC(=O)OC1CNC(c2csc(NC(=O)NCc3ccc(Cl)c(Cl)c3)n2)C1.Cl. The summed E-state index contributed by atoms with van der Waals surface area (Å²) in [6, 6.07) is 4.82. The molecule has 0 radical (unpaired) electrons. The molecule has 0 saturated carbocycles. The predicted octanol–water partition coefficient (Wildman–Crippen LogP) is 4.16. The molecule has 1 fully saturated rings. The lowest BCUT2D eigenvalue weighted by Crippen LogP contribution is -2.28. The van der Waals surface area contributed by atoms with E-state index in [4.69, 9.17) is 27.9 Å². The first-order valence-corrected chi connectivity index (χ1v) is 9.89. The second kappa shape index (κ2) is 10.3. The zero-order chi connectivity index (χ0) is 19.4. The number of amides is 2. The van der Waals surface area contributed by atoms with Crippen molar-refractivity contribution in [1.29, 1.82) is 0 Å². The summed E-state index contributed by atoms with van der Waals surface area (Å²) >= 11 is 13.2. The Balaban J connectivity index is 0.00000280. The van der Waals surface area contributed by atoms with Crippen molar-refractivity contribution in [2.75, 3.05) is 11.9 Å². The fourth-order valence-corrected chi connectivity index (χ4v) is 3.81. The van der Waals surface area contributed by atoms with E-state index in [-0.39, 0.29) is 36.6 Å². The van der Waals surface area contributed by atoms with E-state index in [0.29, 0.717) is 34.7 Å². The standard InChI is InChI=1S/C17H18Cl2N4O3S.ClH/c1-9(24)26-11-5-14(20-7-11)15-8-27-17(22-15)23-16(25)21-6-10-2-3-12(18)13(19)4-10;/h2-4,8,11,14,20H,5-7H2,1H3,(H2,21,22,23,25);1H. The Labute approximate surface area is 182 Å². The molecule has 1 aliphatic rings. The highest BCUT2D eigenvalue weighted by Crippen LogP contribution is 2.28. The van der Waals surface area contributed by atoms with E-state index in [9.17, 15) is 9.59 Å². The number of hydrogen-bond acceptors (Lipinski definition) is 6. The van der Waals surface area contributed by atoms with Crippen LogP contribution in [0, 0.1) is 0 Å². The fourth-order valence-electron chi connectivity index (χ4n) is 2.73. The molecule has 1 aliphatic heterocycles. The highest BCUT2D eigenvalue weighted by Gasteiger charge is 2.29. The average molecular weight is 466 g/mol. The molecule has 1 aromatic heterocycles. The Kier molecular flexibility index (Phi) is 8.33. The van der Waals surface area contributed by atoms with Crippen molar-refractivity contribution >= 4 is 64.1 Å². The number of nitrogens with zero attached hydrogens (tertiary/aromatic N) is 1. The fraction of sp³-hybridized carbons (Fsp3) is 0.353. The van der Waals surface area contributed by atoms with Crippen LogP contribution >= 0.6 is 46.9 Å². The monoisotopic (exact) mass is 464 g/mol. The van der Waals surface area contributed by atoms with Gasteiger partial charge in [-0.15, -0.1) is 23.7 Å². The number of benzene rings is 1. The summed E-state index contributed by atoms with van der Waals surface area (Å²) in [5.74, 6) is -0.290. The maximum Gasteiger partial charge on any atom is 0.321 e. The molecule has 2 amide bonds. The van der Waals surface area contributed by atoms with E-state index in [2.05, 4.69) is 20.9 Å². The van der Waals surface area contributed by atoms with Gasteiger partial charge >= 0.3 is 12.0 Å². The van der Waals surface area contributed by atoms with Crippen LogP contribution < -0.4 is 16.0 Å². The third-order valence-corrected chi connectivity index (χ3v) is 5.47. The molecule has 11 heteroatoms. The number of carbonyl (C=O) groups excluding carboxylic acids is 2. The number of thiazole rings is 1. The minimum absolute atomic E-state index is 0. The summed E-state index contributed by atoms with van der Waals surface area (Å²) in [6.07, 6.45) is 0.506. The molecule has 0 aliphatic carbocycles. The van der Waals surface area contributed by atoms with Gasteiger partial charge < -0.3 is 15.4 Å². The van der Waals surface area contributed by atoms with Crippen LogP contribution in [-0.2, 0) is 16.1 Å². The summed E-state index contributed by atoms with van der Waals surface area (Å²) in [7, 11) is 0. The number of ether oxygens (including phenoxy) is 1. The molecule has 7 nitrogen and oxygen atoms in total. The van der Waals surface area contributed by atoms with Crippen LogP contribution in [0.5, 0.6) is 0 Å². The van der Waals surface area contributed by atoms with Crippen molar-refractivity contribution in [2.45, 2.75) is 32.0 Å². The summed E-state index contributed by atoms with van der Waals surface area (Å²) in [6.45, 7) is 2.30. The quantitative estimate of drug-likeness (QED) is 0.577. The van der Waals surface area contributed by atoms with Gasteiger partial charge in [0.25, 0.3) is 0 Å². The highest BCUT2D eigenvalue weighted by molar-refractivity contribution is 7.13. The first-order valence-electron chi connectivity index (χ1n) is 8.25. The second-order valence-electron chi connectivity index (χ2n) is 6.06. The van der Waals surface area contributed by atoms with Crippen LogP contribution in [0.4, 0.5) is 9.93 Å². The number of carbonyl (C=O) groups is 2. The van der Waals surface area contributed by atoms with Gasteiger partial charge in [0, 0.05) is 31.8 Å². The van der Waals surface area contributed by atoms with Crippen LogP contribution in [0.25, 0.3) is 0 Å². The lowest BCUT2D eigenvalue weighted by molar-refractivity contribution is -0.145. The zero-order valence-electron chi connectivity index (χ0n) is 14.8. The topological polar surface area (TPSA) is 92.4 Å². The number of urea groups is 1. The molecular formula is C17H19Cl3N4O3S. The maximum absolute atomic E-state index is 12.1. The van der Waals surface area contributed by atoms with Gasteiger partial charge in [-0.1, -0.05) is 29.3 Å². The Morgan fingerprint density at radius 2 is 2.14 bits per heavy atom. The number of aromatic nitrogens is 1. The van der Waals surface area contributed by atoms with Gasteiger partial charge in [-0.3, -0.25) is 10.1 Å². The number of esters is 1. The molecule has 1 saturated heterocycles.